The molecule has 0 saturated heterocycles. The van der Waals surface area contributed by atoms with Crippen LogP contribution in [-0.4, -0.2) is 43.5 Å². The maximum Gasteiger partial charge on any atom is 0.340 e. The van der Waals surface area contributed by atoms with E-state index >= 15 is 0 Å². The fourth-order valence-electron chi connectivity index (χ4n) is 1.40. The molecule has 108 valence electrons. The summed E-state index contributed by atoms with van der Waals surface area (Å²) in [6.07, 6.45) is 2.13. The van der Waals surface area contributed by atoms with Gasteiger partial charge in [0.05, 0.1) is 13.2 Å². The largest absolute Gasteiger partial charge is 0.396 e. The highest BCUT2D eigenvalue weighted by atomic mass is 31.2. The van der Waals surface area contributed by atoms with Gasteiger partial charge in [0.25, 0.3) is 0 Å². The van der Waals surface area contributed by atoms with E-state index in [9.17, 15) is 9.36 Å². The van der Waals surface area contributed by atoms with Crippen molar-refractivity contribution in [3.63, 3.8) is 0 Å². The van der Waals surface area contributed by atoms with Gasteiger partial charge in [0.15, 0.2) is 0 Å². The zero-order valence-electron chi connectivity index (χ0n) is 11.2. The molecule has 0 saturated carbocycles. The number of amides is 1. The van der Waals surface area contributed by atoms with Crippen LogP contribution >= 0.6 is 7.60 Å². The van der Waals surface area contributed by atoms with Crippen LogP contribution in [0.15, 0.2) is 0 Å². The van der Waals surface area contributed by atoms with Crippen molar-refractivity contribution in [1.82, 2.24) is 5.32 Å². The Balaban J connectivity index is 3.92. The van der Waals surface area contributed by atoms with Crippen molar-refractivity contribution >= 4 is 13.5 Å². The van der Waals surface area contributed by atoms with Gasteiger partial charge >= 0.3 is 7.60 Å². The Morgan fingerprint density at radius 2 is 1.78 bits per heavy atom. The van der Waals surface area contributed by atoms with Crippen LogP contribution in [-0.2, 0) is 18.4 Å². The predicted octanol–water partition coefficient (Wildman–Crippen LogP) is 1.53. The number of aliphatic hydroxyl groups excluding tert-OH is 1. The van der Waals surface area contributed by atoms with Gasteiger partial charge in [0.2, 0.25) is 5.91 Å². The van der Waals surface area contributed by atoms with Crippen molar-refractivity contribution in [3.05, 3.63) is 0 Å². The van der Waals surface area contributed by atoms with E-state index in [4.69, 9.17) is 14.2 Å². The maximum atomic E-state index is 12.0. The first-order chi connectivity index (χ1) is 8.58. The summed E-state index contributed by atoms with van der Waals surface area (Å²) in [5, 5.41) is 11.2. The number of aliphatic hydroxyl groups is 1. The van der Waals surface area contributed by atoms with E-state index in [2.05, 4.69) is 5.32 Å². The summed E-state index contributed by atoms with van der Waals surface area (Å²) >= 11 is 0. The standard InChI is InChI=1S/C11H24NO5P/c1-3-16-18(15,17-4-2)10-11(14)12-8-6-5-7-9-13/h13H,3-10H2,1-2H3,(H,12,14). The molecule has 0 aliphatic heterocycles. The van der Waals surface area contributed by atoms with Gasteiger partial charge in [0, 0.05) is 13.2 Å². The van der Waals surface area contributed by atoms with Gasteiger partial charge < -0.3 is 19.5 Å². The smallest absolute Gasteiger partial charge is 0.340 e. The van der Waals surface area contributed by atoms with Crippen LogP contribution in [0.2, 0.25) is 0 Å². The number of nitrogens with one attached hydrogen (secondary N) is 1. The highest BCUT2D eigenvalue weighted by molar-refractivity contribution is 7.54. The van der Waals surface area contributed by atoms with E-state index in [0.717, 1.165) is 19.3 Å². The third-order valence-electron chi connectivity index (χ3n) is 2.15. The molecule has 0 radical (unpaired) electrons. The monoisotopic (exact) mass is 281 g/mol. The molecule has 0 unspecified atom stereocenters. The first-order valence-corrected chi connectivity index (χ1v) is 8.06. The Labute approximate surface area is 109 Å². The summed E-state index contributed by atoms with van der Waals surface area (Å²) in [7, 11) is -3.29. The lowest BCUT2D eigenvalue weighted by Crippen LogP contribution is -2.28. The average Bonchev–Trinajstić information content (AvgIpc) is 2.29. The van der Waals surface area contributed by atoms with E-state index in [1.165, 1.54) is 0 Å². The fraction of sp³-hybridized carbons (Fsp3) is 0.909. The van der Waals surface area contributed by atoms with Crippen molar-refractivity contribution in [2.75, 3.05) is 32.5 Å². The summed E-state index contributed by atoms with van der Waals surface area (Å²) in [5.74, 6) is -0.329. The molecule has 0 rings (SSSR count). The Morgan fingerprint density at radius 1 is 1.17 bits per heavy atom. The maximum absolute atomic E-state index is 12.0. The molecule has 0 spiro atoms. The Morgan fingerprint density at radius 3 is 2.28 bits per heavy atom. The molecule has 6 nitrogen and oxygen atoms in total. The molecule has 7 heteroatoms. The molecule has 0 fully saturated rings. The van der Waals surface area contributed by atoms with Crippen molar-refractivity contribution < 1.29 is 23.5 Å². The number of hydrogen-bond donors (Lipinski definition) is 2. The summed E-state index contributed by atoms with van der Waals surface area (Å²) in [6.45, 7) is 4.59. The molecule has 0 atom stereocenters. The van der Waals surface area contributed by atoms with E-state index in [-0.39, 0.29) is 31.9 Å². The minimum Gasteiger partial charge on any atom is -0.396 e. The number of unbranched alkanes of at least 4 members (excludes halogenated alkanes) is 2. The van der Waals surface area contributed by atoms with E-state index < -0.39 is 7.60 Å². The first-order valence-electron chi connectivity index (χ1n) is 6.33. The van der Waals surface area contributed by atoms with Crippen LogP contribution in [0.25, 0.3) is 0 Å². The number of carbonyl (C=O) groups excluding carboxylic acids is 1. The lowest BCUT2D eigenvalue weighted by Gasteiger charge is -2.16. The van der Waals surface area contributed by atoms with Crippen molar-refractivity contribution in [2.24, 2.45) is 0 Å². The summed E-state index contributed by atoms with van der Waals surface area (Å²) in [6, 6.07) is 0. The lowest BCUT2D eigenvalue weighted by molar-refractivity contribution is -0.118. The quantitative estimate of drug-likeness (QED) is 0.443. The third kappa shape index (κ3) is 8.64. The molecule has 0 aromatic carbocycles. The van der Waals surface area contributed by atoms with Crippen LogP contribution in [0.5, 0.6) is 0 Å². The van der Waals surface area contributed by atoms with E-state index in [0.29, 0.717) is 6.54 Å². The van der Waals surface area contributed by atoms with Gasteiger partial charge in [-0.3, -0.25) is 9.36 Å². The zero-order chi connectivity index (χ0) is 13.9. The Bertz CT molecular complexity index is 262. The van der Waals surface area contributed by atoms with E-state index in [1.807, 2.05) is 0 Å². The topological polar surface area (TPSA) is 84.9 Å². The van der Waals surface area contributed by atoms with Gasteiger partial charge in [-0.2, -0.15) is 0 Å². The average molecular weight is 281 g/mol. The summed E-state index contributed by atoms with van der Waals surface area (Å²) < 4.78 is 22.1. The van der Waals surface area contributed by atoms with Crippen molar-refractivity contribution in [2.45, 2.75) is 33.1 Å². The minimum atomic E-state index is -3.29. The van der Waals surface area contributed by atoms with Gasteiger partial charge in [-0.15, -0.1) is 0 Å². The van der Waals surface area contributed by atoms with Crippen LogP contribution in [0.1, 0.15) is 33.1 Å². The molecule has 0 heterocycles. The Kier molecular flexibility index (Phi) is 10.3. The van der Waals surface area contributed by atoms with Crippen LogP contribution in [0, 0.1) is 0 Å². The summed E-state index contributed by atoms with van der Waals surface area (Å²) in [4.78, 5) is 11.5. The van der Waals surface area contributed by atoms with Crippen molar-refractivity contribution in [1.29, 1.82) is 0 Å². The van der Waals surface area contributed by atoms with Crippen molar-refractivity contribution in [3.8, 4) is 0 Å². The van der Waals surface area contributed by atoms with E-state index in [1.54, 1.807) is 13.8 Å². The Hall–Kier alpha value is -0.420. The molecule has 0 aromatic rings. The van der Waals surface area contributed by atoms with Gasteiger partial charge in [0.1, 0.15) is 6.16 Å². The number of hydrogen-bond acceptors (Lipinski definition) is 5. The highest BCUT2D eigenvalue weighted by Crippen LogP contribution is 2.47. The predicted molar refractivity (Wildman–Crippen MR) is 69.7 cm³/mol. The van der Waals surface area contributed by atoms with Crippen LogP contribution in [0.4, 0.5) is 0 Å². The zero-order valence-corrected chi connectivity index (χ0v) is 12.1. The minimum absolute atomic E-state index is 0.165. The molecular weight excluding hydrogens is 257 g/mol. The normalized spacial score (nSPS) is 11.5. The van der Waals surface area contributed by atoms with Gasteiger partial charge in [-0.05, 0) is 33.1 Å². The first kappa shape index (κ1) is 17.6. The molecule has 2 N–H and O–H groups in total. The van der Waals surface area contributed by atoms with Crippen LogP contribution in [0.3, 0.4) is 0 Å². The second-order valence-electron chi connectivity index (χ2n) is 3.74. The molecule has 0 aromatic heterocycles. The number of carbonyl (C=O) groups is 1. The molecule has 18 heavy (non-hydrogen) atoms. The third-order valence-corrected chi connectivity index (χ3v) is 4.12. The second-order valence-corrected chi connectivity index (χ2v) is 5.79. The fourth-order valence-corrected chi connectivity index (χ4v) is 2.90. The highest BCUT2D eigenvalue weighted by Gasteiger charge is 2.27. The van der Waals surface area contributed by atoms with Gasteiger partial charge in [-0.1, -0.05) is 0 Å². The molecule has 0 aliphatic carbocycles. The number of rotatable bonds is 11. The second kappa shape index (κ2) is 10.5. The summed E-state index contributed by atoms with van der Waals surface area (Å²) in [5.41, 5.74) is 0. The molecule has 0 bridgehead atoms. The SMILES string of the molecule is CCOP(=O)(CC(=O)NCCCCCO)OCC. The lowest BCUT2D eigenvalue weighted by atomic mass is 10.2. The van der Waals surface area contributed by atoms with Gasteiger partial charge in [-0.25, -0.2) is 0 Å². The van der Waals surface area contributed by atoms with Crippen LogP contribution < -0.4 is 5.32 Å². The molecule has 0 aliphatic rings. The molecular formula is C11H24NO5P. The molecule has 1 amide bonds.